The molecule has 0 saturated heterocycles. The zero-order valence-electron chi connectivity index (χ0n) is 12.0. The molecule has 0 aliphatic heterocycles. The molecule has 0 unspecified atom stereocenters. The van der Waals surface area contributed by atoms with Gasteiger partial charge in [-0.1, -0.05) is 34.6 Å². The van der Waals surface area contributed by atoms with E-state index in [1.807, 2.05) is 0 Å². The van der Waals surface area contributed by atoms with Gasteiger partial charge in [-0.15, -0.1) is 24.0 Å². The van der Waals surface area contributed by atoms with Gasteiger partial charge in [0.05, 0.1) is 0 Å². The first-order valence-corrected chi connectivity index (χ1v) is 6.35. The molecular weight excluding hydrogens is 325 g/mol. The molecule has 0 aromatic heterocycles. The van der Waals surface area contributed by atoms with Crippen LogP contribution in [0.4, 0.5) is 0 Å². The van der Waals surface area contributed by atoms with Crippen molar-refractivity contribution in [2.24, 2.45) is 22.1 Å². The predicted molar refractivity (Wildman–Crippen MR) is 88.1 cm³/mol. The lowest BCUT2D eigenvalue weighted by Gasteiger charge is -2.16. The van der Waals surface area contributed by atoms with Crippen LogP contribution >= 0.6 is 24.0 Å². The first kappa shape index (κ1) is 19.3. The molecule has 4 heteroatoms. The summed E-state index contributed by atoms with van der Waals surface area (Å²) in [6.07, 6.45) is 3.43. The lowest BCUT2D eigenvalue weighted by molar-refractivity contribution is 0.368. The lowest BCUT2D eigenvalue weighted by Crippen LogP contribution is -2.33. The predicted octanol–water partition coefficient (Wildman–Crippen LogP) is 3.38. The quantitative estimate of drug-likeness (QED) is 0.332. The van der Waals surface area contributed by atoms with Crippen molar-refractivity contribution in [2.45, 2.75) is 53.9 Å². The molecule has 0 radical (unpaired) electrons. The van der Waals surface area contributed by atoms with E-state index in [4.69, 9.17) is 5.73 Å². The Morgan fingerprint density at radius 3 is 2.35 bits per heavy atom. The number of nitrogens with one attached hydrogen (secondary N) is 1. The van der Waals surface area contributed by atoms with Crippen LogP contribution in [-0.2, 0) is 0 Å². The fraction of sp³-hybridized carbons (Fsp3) is 0.923. The van der Waals surface area contributed by atoms with Crippen molar-refractivity contribution in [2.75, 3.05) is 13.1 Å². The highest BCUT2D eigenvalue weighted by Gasteiger charge is 2.08. The standard InChI is InChI=1S/C13H29N3.HI/c1-11(2)7-10-16-12(14)15-9-6-8-13(3,4)5;/h11H,6-10H2,1-5H3,(H3,14,15,16);1H. The zero-order valence-corrected chi connectivity index (χ0v) is 14.4. The molecular formula is C13H30IN3. The Labute approximate surface area is 124 Å². The minimum Gasteiger partial charge on any atom is -0.370 e. The number of nitrogens with two attached hydrogens (primary N) is 1. The van der Waals surface area contributed by atoms with Gasteiger partial charge in [-0.25, -0.2) is 0 Å². The first-order valence-electron chi connectivity index (χ1n) is 6.35. The van der Waals surface area contributed by atoms with E-state index in [1.165, 1.54) is 6.42 Å². The van der Waals surface area contributed by atoms with Crippen LogP contribution in [0.5, 0.6) is 0 Å². The Kier molecular flexibility index (Phi) is 11.3. The van der Waals surface area contributed by atoms with Crippen LogP contribution in [0.2, 0.25) is 0 Å². The van der Waals surface area contributed by atoms with E-state index >= 15 is 0 Å². The van der Waals surface area contributed by atoms with Gasteiger partial charge in [0.25, 0.3) is 0 Å². The number of guanidine groups is 1. The van der Waals surface area contributed by atoms with Gasteiger partial charge in [0, 0.05) is 13.1 Å². The summed E-state index contributed by atoms with van der Waals surface area (Å²) in [5.74, 6) is 1.30. The van der Waals surface area contributed by atoms with E-state index in [-0.39, 0.29) is 24.0 Å². The van der Waals surface area contributed by atoms with Crippen LogP contribution < -0.4 is 11.1 Å². The van der Waals surface area contributed by atoms with Crippen LogP contribution in [-0.4, -0.2) is 19.0 Å². The molecule has 104 valence electrons. The van der Waals surface area contributed by atoms with E-state index in [0.29, 0.717) is 17.3 Å². The van der Waals surface area contributed by atoms with Crippen LogP contribution in [0.15, 0.2) is 4.99 Å². The minimum absolute atomic E-state index is 0. The fourth-order valence-corrected chi connectivity index (χ4v) is 1.35. The highest BCUT2D eigenvalue weighted by molar-refractivity contribution is 14.0. The summed E-state index contributed by atoms with van der Waals surface area (Å²) in [6.45, 7) is 12.9. The summed E-state index contributed by atoms with van der Waals surface area (Å²) in [5, 5.41) is 3.14. The van der Waals surface area contributed by atoms with Crippen LogP contribution in [0.1, 0.15) is 53.9 Å². The Bertz CT molecular complexity index is 207. The van der Waals surface area contributed by atoms with Crippen molar-refractivity contribution in [3.63, 3.8) is 0 Å². The molecule has 0 saturated carbocycles. The SMILES string of the molecule is CC(C)CCNC(N)=NCCCC(C)(C)C.I. The summed E-state index contributed by atoms with van der Waals surface area (Å²) >= 11 is 0. The molecule has 0 spiro atoms. The Morgan fingerprint density at radius 1 is 1.29 bits per heavy atom. The van der Waals surface area contributed by atoms with Gasteiger partial charge in [-0.2, -0.15) is 0 Å². The molecule has 0 aliphatic rings. The Hall–Kier alpha value is 0. The van der Waals surface area contributed by atoms with Gasteiger partial charge in [-0.3, -0.25) is 4.99 Å². The summed E-state index contributed by atoms with van der Waals surface area (Å²) in [6, 6.07) is 0. The molecule has 0 aromatic rings. The molecule has 17 heavy (non-hydrogen) atoms. The van der Waals surface area contributed by atoms with Crippen molar-refractivity contribution in [1.82, 2.24) is 5.32 Å². The molecule has 0 fully saturated rings. The van der Waals surface area contributed by atoms with E-state index in [2.05, 4.69) is 44.9 Å². The topological polar surface area (TPSA) is 50.4 Å². The number of halogens is 1. The number of hydrogen-bond acceptors (Lipinski definition) is 1. The molecule has 0 atom stereocenters. The average molecular weight is 355 g/mol. The van der Waals surface area contributed by atoms with Gasteiger partial charge in [0.2, 0.25) is 0 Å². The Morgan fingerprint density at radius 2 is 1.88 bits per heavy atom. The van der Waals surface area contributed by atoms with Crippen molar-refractivity contribution in [3.8, 4) is 0 Å². The molecule has 0 amide bonds. The highest BCUT2D eigenvalue weighted by Crippen LogP contribution is 2.20. The Balaban J connectivity index is 0. The fourth-order valence-electron chi connectivity index (χ4n) is 1.35. The smallest absolute Gasteiger partial charge is 0.188 e. The second kappa shape index (κ2) is 9.97. The third-order valence-electron chi connectivity index (χ3n) is 2.39. The summed E-state index contributed by atoms with van der Waals surface area (Å²) in [5.41, 5.74) is 6.15. The van der Waals surface area contributed by atoms with Crippen LogP contribution in [0.25, 0.3) is 0 Å². The highest BCUT2D eigenvalue weighted by atomic mass is 127. The van der Waals surface area contributed by atoms with E-state index < -0.39 is 0 Å². The molecule has 0 bridgehead atoms. The maximum atomic E-state index is 5.75. The molecule has 0 aliphatic carbocycles. The van der Waals surface area contributed by atoms with E-state index in [9.17, 15) is 0 Å². The first-order chi connectivity index (χ1) is 7.31. The van der Waals surface area contributed by atoms with Crippen LogP contribution in [0.3, 0.4) is 0 Å². The number of rotatable bonds is 6. The summed E-state index contributed by atoms with van der Waals surface area (Å²) in [7, 11) is 0. The number of aliphatic imine (C=N–C) groups is 1. The monoisotopic (exact) mass is 355 g/mol. The number of hydrogen-bond donors (Lipinski definition) is 2. The summed E-state index contributed by atoms with van der Waals surface area (Å²) in [4.78, 5) is 4.31. The second-order valence-corrected chi connectivity index (χ2v) is 6.04. The summed E-state index contributed by atoms with van der Waals surface area (Å²) < 4.78 is 0. The van der Waals surface area contributed by atoms with Gasteiger partial charge >= 0.3 is 0 Å². The van der Waals surface area contributed by atoms with Crippen molar-refractivity contribution < 1.29 is 0 Å². The molecule has 0 heterocycles. The van der Waals surface area contributed by atoms with Gasteiger partial charge in [-0.05, 0) is 30.6 Å². The van der Waals surface area contributed by atoms with Crippen molar-refractivity contribution in [3.05, 3.63) is 0 Å². The van der Waals surface area contributed by atoms with E-state index in [1.54, 1.807) is 0 Å². The average Bonchev–Trinajstić information content (AvgIpc) is 2.10. The number of nitrogens with zero attached hydrogens (tertiary/aromatic N) is 1. The van der Waals surface area contributed by atoms with Gasteiger partial charge in [0.15, 0.2) is 5.96 Å². The molecule has 0 aromatic carbocycles. The second-order valence-electron chi connectivity index (χ2n) is 6.04. The van der Waals surface area contributed by atoms with E-state index in [0.717, 1.165) is 25.9 Å². The van der Waals surface area contributed by atoms with Crippen molar-refractivity contribution in [1.29, 1.82) is 0 Å². The molecule has 3 N–H and O–H groups in total. The zero-order chi connectivity index (χ0) is 12.6. The maximum absolute atomic E-state index is 5.75. The maximum Gasteiger partial charge on any atom is 0.188 e. The third-order valence-corrected chi connectivity index (χ3v) is 2.39. The molecule has 3 nitrogen and oxygen atoms in total. The normalized spacial score (nSPS) is 12.5. The molecule has 0 rings (SSSR count). The van der Waals surface area contributed by atoms with Crippen molar-refractivity contribution >= 4 is 29.9 Å². The lowest BCUT2D eigenvalue weighted by atomic mass is 9.91. The van der Waals surface area contributed by atoms with Gasteiger partial charge in [0.1, 0.15) is 0 Å². The largest absolute Gasteiger partial charge is 0.370 e. The third kappa shape index (κ3) is 16.0. The van der Waals surface area contributed by atoms with Crippen LogP contribution in [0, 0.1) is 11.3 Å². The van der Waals surface area contributed by atoms with Gasteiger partial charge < -0.3 is 11.1 Å². The minimum atomic E-state index is 0.